The summed E-state index contributed by atoms with van der Waals surface area (Å²) in [5.74, 6) is 0.735. The summed E-state index contributed by atoms with van der Waals surface area (Å²) in [5, 5.41) is 10.1. The minimum Gasteiger partial charge on any atom is -0.508 e. The largest absolute Gasteiger partial charge is 0.508 e. The van der Waals surface area contributed by atoms with Crippen molar-refractivity contribution in [2.45, 2.75) is 34.6 Å². The Morgan fingerprint density at radius 3 is 2.27 bits per heavy atom. The number of amides is 1. The monoisotopic (exact) mass is 399 g/mol. The van der Waals surface area contributed by atoms with Crippen LogP contribution >= 0.6 is 0 Å². The minimum atomic E-state index is -0.101. The molecule has 4 rings (SSSR count). The van der Waals surface area contributed by atoms with Gasteiger partial charge in [-0.15, -0.1) is 0 Å². The van der Waals surface area contributed by atoms with E-state index in [0.717, 1.165) is 39.3 Å². The number of aromatic nitrogens is 2. The molecule has 2 aromatic heterocycles. The second kappa shape index (κ2) is 7.34. The fraction of sp³-hybridized carbons (Fsp3) is 0.200. The zero-order valence-electron chi connectivity index (χ0n) is 17.9. The summed E-state index contributed by atoms with van der Waals surface area (Å²) in [6.45, 7) is 9.63. The maximum Gasteiger partial charge on any atom is 0.229 e. The summed E-state index contributed by atoms with van der Waals surface area (Å²) in [4.78, 5) is 19.7. The Morgan fingerprint density at radius 1 is 0.967 bits per heavy atom. The number of para-hydroxylation sites is 1. The van der Waals surface area contributed by atoms with Crippen LogP contribution in [0, 0.1) is 27.7 Å². The van der Waals surface area contributed by atoms with Crippen molar-refractivity contribution in [2.24, 2.45) is 0 Å². The van der Waals surface area contributed by atoms with Crippen LogP contribution in [0.2, 0.25) is 0 Å². The van der Waals surface area contributed by atoms with Gasteiger partial charge in [0.25, 0.3) is 0 Å². The summed E-state index contributed by atoms with van der Waals surface area (Å²) < 4.78 is 2.01. The third-order valence-corrected chi connectivity index (χ3v) is 5.33. The first-order valence-electron chi connectivity index (χ1n) is 9.94. The number of carbonyl (C=O) groups is 1. The number of phenols is 1. The van der Waals surface area contributed by atoms with Gasteiger partial charge in [0.2, 0.25) is 5.91 Å². The number of carbonyl (C=O) groups excluding carboxylic acids is 1. The number of hydrogen-bond acceptors (Lipinski definition) is 3. The Kier molecular flexibility index (Phi) is 4.82. The van der Waals surface area contributed by atoms with Gasteiger partial charge in [-0.2, -0.15) is 0 Å². The lowest BCUT2D eigenvalue weighted by atomic mass is 10.1. The van der Waals surface area contributed by atoms with E-state index in [4.69, 9.17) is 4.98 Å². The normalized spacial score (nSPS) is 11.1. The standard InChI is InChI=1S/C25H25N3O2/c1-15-12-18(4)27-22(13-15)26-23(20-10-7-11-21(30)14-20)25(27)28(19(5)29)24-16(2)8-6-9-17(24)3/h6-14,30H,1-5H3. The second-order valence-corrected chi connectivity index (χ2v) is 7.80. The lowest BCUT2D eigenvalue weighted by Crippen LogP contribution is -2.26. The Hall–Kier alpha value is -3.60. The van der Waals surface area contributed by atoms with E-state index >= 15 is 0 Å². The molecule has 2 heterocycles. The van der Waals surface area contributed by atoms with Crippen LogP contribution in [0.25, 0.3) is 16.9 Å². The minimum absolute atomic E-state index is 0.101. The average molecular weight is 399 g/mol. The van der Waals surface area contributed by atoms with Crippen molar-refractivity contribution in [3.63, 3.8) is 0 Å². The van der Waals surface area contributed by atoms with E-state index in [1.165, 1.54) is 0 Å². The zero-order valence-corrected chi connectivity index (χ0v) is 17.9. The molecule has 0 saturated carbocycles. The first-order chi connectivity index (χ1) is 14.3. The molecule has 0 aliphatic carbocycles. The summed E-state index contributed by atoms with van der Waals surface area (Å²) >= 11 is 0. The van der Waals surface area contributed by atoms with Gasteiger partial charge in [-0.25, -0.2) is 4.98 Å². The summed E-state index contributed by atoms with van der Waals surface area (Å²) in [5.41, 5.74) is 7.11. The molecule has 5 nitrogen and oxygen atoms in total. The highest BCUT2D eigenvalue weighted by atomic mass is 16.3. The third-order valence-electron chi connectivity index (χ3n) is 5.33. The Bertz CT molecular complexity index is 1270. The highest BCUT2D eigenvalue weighted by molar-refractivity contribution is 6.03. The second-order valence-electron chi connectivity index (χ2n) is 7.80. The zero-order chi connectivity index (χ0) is 21.6. The fourth-order valence-electron chi connectivity index (χ4n) is 4.14. The van der Waals surface area contributed by atoms with Crippen molar-refractivity contribution < 1.29 is 9.90 Å². The predicted molar refractivity (Wildman–Crippen MR) is 121 cm³/mol. The number of imidazole rings is 1. The van der Waals surface area contributed by atoms with Crippen LogP contribution < -0.4 is 4.90 Å². The molecule has 0 radical (unpaired) electrons. The van der Waals surface area contributed by atoms with Gasteiger partial charge in [0.05, 0.1) is 5.69 Å². The van der Waals surface area contributed by atoms with E-state index in [1.807, 2.05) is 62.4 Å². The van der Waals surface area contributed by atoms with Crippen molar-refractivity contribution in [1.29, 1.82) is 0 Å². The van der Waals surface area contributed by atoms with Crippen LogP contribution in [0.15, 0.2) is 54.6 Å². The maximum atomic E-state index is 13.1. The fourth-order valence-corrected chi connectivity index (χ4v) is 4.14. The molecule has 0 aliphatic heterocycles. The average Bonchev–Trinajstić information content (AvgIpc) is 3.03. The van der Waals surface area contributed by atoms with Gasteiger partial charge in [-0.1, -0.05) is 30.3 Å². The first kappa shape index (κ1) is 19.7. The molecule has 0 spiro atoms. The van der Waals surface area contributed by atoms with E-state index < -0.39 is 0 Å². The van der Waals surface area contributed by atoms with E-state index in [1.54, 1.807) is 30.0 Å². The lowest BCUT2D eigenvalue weighted by Gasteiger charge is -2.26. The van der Waals surface area contributed by atoms with E-state index in [-0.39, 0.29) is 11.7 Å². The van der Waals surface area contributed by atoms with Crippen molar-refractivity contribution in [3.05, 3.63) is 77.0 Å². The van der Waals surface area contributed by atoms with Gasteiger partial charge in [-0.3, -0.25) is 14.1 Å². The predicted octanol–water partition coefficient (Wildman–Crippen LogP) is 5.63. The number of aromatic hydroxyl groups is 1. The number of nitrogens with zero attached hydrogens (tertiary/aromatic N) is 3. The van der Waals surface area contributed by atoms with Crippen molar-refractivity contribution in [1.82, 2.24) is 9.38 Å². The van der Waals surface area contributed by atoms with Crippen LogP contribution in [-0.4, -0.2) is 20.4 Å². The topological polar surface area (TPSA) is 57.8 Å². The number of phenolic OH excluding ortho intramolecular Hbond substituents is 1. The van der Waals surface area contributed by atoms with E-state index in [9.17, 15) is 9.90 Å². The smallest absolute Gasteiger partial charge is 0.229 e. The van der Waals surface area contributed by atoms with Crippen molar-refractivity contribution >= 4 is 23.1 Å². The molecule has 0 bridgehead atoms. The van der Waals surface area contributed by atoms with Gasteiger partial charge < -0.3 is 5.11 Å². The van der Waals surface area contributed by atoms with Crippen LogP contribution in [0.3, 0.4) is 0 Å². The highest BCUT2D eigenvalue weighted by Crippen LogP contribution is 2.40. The Balaban J connectivity index is 2.14. The molecule has 4 aromatic rings. The van der Waals surface area contributed by atoms with Crippen LogP contribution in [0.5, 0.6) is 5.75 Å². The van der Waals surface area contributed by atoms with Crippen LogP contribution in [0.1, 0.15) is 29.3 Å². The quantitative estimate of drug-likeness (QED) is 0.486. The molecule has 0 atom stereocenters. The molecular formula is C25H25N3O2. The number of pyridine rings is 1. The first-order valence-corrected chi connectivity index (χ1v) is 9.94. The number of anilines is 2. The maximum absolute atomic E-state index is 13.1. The molecule has 5 heteroatoms. The molecule has 152 valence electrons. The highest BCUT2D eigenvalue weighted by Gasteiger charge is 2.27. The van der Waals surface area contributed by atoms with Gasteiger partial charge in [0.1, 0.15) is 17.1 Å². The molecular weight excluding hydrogens is 374 g/mol. The van der Waals surface area contributed by atoms with Crippen molar-refractivity contribution in [3.8, 4) is 17.0 Å². The summed E-state index contributed by atoms with van der Waals surface area (Å²) in [6, 6.07) is 17.1. The molecule has 30 heavy (non-hydrogen) atoms. The van der Waals surface area contributed by atoms with Gasteiger partial charge in [-0.05, 0) is 68.7 Å². The molecule has 0 saturated heterocycles. The molecule has 0 unspecified atom stereocenters. The summed E-state index contributed by atoms with van der Waals surface area (Å²) in [7, 11) is 0. The number of aryl methyl sites for hydroxylation is 4. The van der Waals surface area contributed by atoms with Crippen LogP contribution in [0.4, 0.5) is 11.5 Å². The SMILES string of the molecule is CC(=O)N(c1c(C)cccc1C)c1c(-c2cccc(O)c2)nc2cc(C)cc(C)n12. The third kappa shape index (κ3) is 3.22. The van der Waals surface area contributed by atoms with Gasteiger partial charge >= 0.3 is 0 Å². The number of benzene rings is 2. The number of hydrogen-bond donors (Lipinski definition) is 1. The Labute approximate surface area is 176 Å². The Morgan fingerprint density at radius 2 is 1.63 bits per heavy atom. The van der Waals surface area contributed by atoms with E-state index in [2.05, 4.69) is 6.07 Å². The van der Waals surface area contributed by atoms with Gasteiger partial charge in [0, 0.05) is 18.2 Å². The molecule has 1 N–H and O–H groups in total. The number of rotatable bonds is 3. The lowest BCUT2D eigenvalue weighted by molar-refractivity contribution is -0.115. The van der Waals surface area contributed by atoms with E-state index in [0.29, 0.717) is 11.5 Å². The molecule has 2 aromatic carbocycles. The molecule has 0 fully saturated rings. The molecule has 1 amide bonds. The summed E-state index contributed by atoms with van der Waals surface area (Å²) in [6.07, 6.45) is 0. The van der Waals surface area contributed by atoms with Crippen LogP contribution in [-0.2, 0) is 4.79 Å². The number of fused-ring (bicyclic) bond motifs is 1. The molecule has 0 aliphatic rings. The van der Waals surface area contributed by atoms with Gasteiger partial charge in [0.15, 0.2) is 5.82 Å². The van der Waals surface area contributed by atoms with Crippen molar-refractivity contribution in [2.75, 3.05) is 4.90 Å².